The van der Waals surface area contributed by atoms with Gasteiger partial charge in [0, 0.05) is 0 Å². The molecule has 0 aliphatic rings. The van der Waals surface area contributed by atoms with E-state index in [0.717, 1.165) is 12.8 Å². The van der Waals surface area contributed by atoms with E-state index in [4.69, 9.17) is 0 Å². The largest absolute Gasteiger partial charge is 0.251 e. The molecular formula is C14H21F. The van der Waals surface area contributed by atoms with Gasteiger partial charge in [-0.1, -0.05) is 37.6 Å². The number of benzene rings is 1. The Hall–Kier alpha value is -0.850. The van der Waals surface area contributed by atoms with Crippen LogP contribution in [0.2, 0.25) is 0 Å². The molecule has 0 N–H and O–H groups in total. The first kappa shape index (κ1) is 12.2. The van der Waals surface area contributed by atoms with Gasteiger partial charge in [0.15, 0.2) is 0 Å². The fraction of sp³-hybridized carbons (Fsp3) is 0.571. The maximum absolute atomic E-state index is 12.0. The van der Waals surface area contributed by atoms with E-state index >= 15 is 0 Å². The summed E-state index contributed by atoms with van der Waals surface area (Å²) in [6.45, 7) is 2.03. The summed E-state index contributed by atoms with van der Waals surface area (Å²) in [5, 5.41) is 0. The minimum Gasteiger partial charge on any atom is -0.251 e. The number of rotatable bonds is 7. The first-order chi connectivity index (χ1) is 7.38. The maximum Gasteiger partial charge on any atom is 0.0894 e. The van der Waals surface area contributed by atoms with Crippen molar-refractivity contribution < 1.29 is 4.39 Å². The van der Waals surface area contributed by atoms with Crippen LogP contribution in [0.3, 0.4) is 0 Å². The van der Waals surface area contributed by atoms with E-state index in [2.05, 4.69) is 31.2 Å². The minimum atomic E-state index is -0.183. The van der Waals surface area contributed by atoms with E-state index in [1.54, 1.807) is 0 Å². The number of halogens is 1. The third-order valence-corrected chi connectivity index (χ3v) is 2.75. The average Bonchev–Trinajstić information content (AvgIpc) is 2.28. The van der Waals surface area contributed by atoms with Gasteiger partial charge in [-0.25, -0.2) is 0 Å². The lowest BCUT2D eigenvalue weighted by atomic mass is 9.98. The maximum atomic E-state index is 12.0. The molecule has 1 heteroatoms. The molecule has 0 aliphatic heterocycles. The molecule has 0 aromatic heterocycles. The predicted octanol–water partition coefficient (Wildman–Crippen LogP) is 4.32. The van der Waals surface area contributed by atoms with Crippen molar-refractivity contribution in [1.82, 2.24) is 0 Å². The van der Waals surface area contributed by atoms with Crippen molar-refractivity contribution in [1.29, 1.82) is 0 Å². The first-order valence-corrected chi connectivity index (χ1v) is 6.01. The second-order valence-corrected chi connectivity index (χ2v) is 4.02. The van der Waals surface area contributed by atoms with E-state index in [0.29, 0.717) is 6.42 Å². The molecule has 1 aromatic carbocycles. The second-order valence-electron chi connectivity index (χ2n) is 4.02. The van der Waals surface area contributed by atoms with Crippen molar-refractivity contribution in [3.8, 4) is 0 Å². The molecule has 84 valence electrons. The quantitative estimate of drug-likeness (QED) is 0.585. The minimum absolute atomic E-state index is 0.183. The summed E-state index contributed by atoms with van der Waals surface area (Å²) in [4.78, 5) is 0. The van der Waals surface area contributed by atoms with E-state index in [-0.39, 0.29) is 6.67 Å². The van der Waals surface area contributed by atoms with Crippen molar-refractivity contribution in [3.63, 3.8) is 0 Å². The molecule has 0 bridgehead atoms. The van der Waals surface area contributed by atoms with Gasteiger partial charge in [0.25, 0.3) is 0 Å². The van der Waals surface area contributed by atoms with Crippen LogP contribution in [0.25, 0.3) is 0 Å². The van der Waals surface area contributed by atoms with E-state index in [1.807, 2.05) is 0 Å². The summed E-state index contributed by atoms with van der Waals surface area (Å²) in [7, 11) is 0. The van der Waals surface area contributed by atoms with Crippen molar-refractivity contribution in [2.75, 3.05) is 6.67 Å². The molecule has 1 rings (SSSR count). The van der Waals surface area contributed by atoms with Crippen LogP contribution >= 0.6 is 0 Å². The van der Waals surface area contributed by atoms with Crippen molar-refractivity contribution in [2.45, 2.75) is 45.4 Å². The van der Waals surface area contributed by atoms with Crippen LogP contribution in [0, 0.1) is 0 Å². The van der Waals surface area contributed by atoms with Gasteiger partial charge in [-0.05, 0) is 43.2 Å². The highest BCUT2D eigenvalue weighted by Gasteiger charge is 2.00. The molecule has 0 amide bonds. The Balaban J connectivity index is 2.52. The van der Waals surface area contributed by atoms with Gasteiger partial charge >= 0.3 is 0 Å². The van der Waals surface area contributed by atoms with Gasteiger partial charge in [0.1, 0.15) is 0 Å². The van der Waals surface area contributed by atoms with E-state index in [9.17, 15) is 4.39 Å². The number of hydrogen-bond acceptors (Lipinski definition) is 0. The van der Waals surface area contributed by atoms with Crippen LogP contribution < -0.4 is 0 Å². The molecule has 0 saturated heterocycles. The van der Waals surface area contributed by atoms with Gasteiger partial charge in [-0.3, -0.25) is 4.39 Å². The number of unbranched alkanes of at least 4 members (excludes halogenated alkanes) is 2. The molecule has 1 aromatic rings. The highest BCUT2D eigenvalue weighted by Crippen LogP contribution is 2.14. The standard InChI is InChI=1S/C14H21F/c1-2-3-8-13-9-4-5-10-14(13)11-6-7-12-15/h4-5,9-10H,2-3,6-8,11-12H2,1H3. The second kappa shape index (κ2) is 7.44. The molecular weight excluding hydrogens is 187 g/mol. The fourth-order valence-corrected chi connectivity index (χ4v) is 1.82. The Labute approximate surface area is 92.5 Å². The molecule has 0 aliphatic carbocycles. The lowest BCUT2D eigenvalue weighted by Gasteiger charge is -2.08. The number of hydrogen-bond donors (Lipinski definition) is 0. The Morgan fingerprint density at radius 2 is 1.53 bits per heavy atom. The van der Waals surface area contributed by atoms with Crippen LogP contribution in [0.1, 0.15) is 43.7 Å². The van der Waals surface area contributed by atoms with Crippen LogP contribution in [0.5, 0.6) is 0 Å². The lowest BCUT2D eigenvalue weighted by molar-refractivity contribution is 0.462. The zero-order valence-corrected chi connectivity index (χ0v) is 9.64. The number of alkyl halides is 1. The summed E-state index contributed by atoms with van der Waals surface area (Å²) < 4.78 is 12.0. The highest BCUT2D eigenvalue weighted by atomic mass is 19.1. The summed E-state index contributed by atoms with van der Waals surface area (Å²) in [6, 6.07) is 8.58. The van der Waals surface area contributed by atoms with Gasteiger partial charge in [0.05, 0.1) is 6.67 Å². The molecule has 0 spiro atoms. The summed E-state index contributed by atoms with van der Waals surface area (Å²) in [5.41, 5.74) is 2.87. The predicted molar refractivity (Wildman–Crippen MR) is 64.0 cm³/mol. The van der Waals surface area contributed by atoms with Gasteiger partial charge in [-0.15, -0.1) is 0 Å². The molecule has 0 radical (unpaired) electrons. The summed E-state index contributed by atoms with van der Waals surface area (Å²) in [5.74, 6) is 0. The molecule has 0 unspecified atom stereocenters. The van der Waals surface area contributed by atoms with E-state index in [1.165, 1.54) is 30.4 Å². The Morgan fingerprint density at radius 1 is 0.933 bits per heavy atom. The monoisotopic (exact) mass is 208 g/mol. The molecule has 15 heavy (non-hydrogen) atoms. The smallest absolute Gasteiger partial charge is 0.0894 e. The van der Waals surface area contributed by atoms with Crippen molar-refractivity contribution in [3.05, 3.63) is 35.4 Å². The molecule has 0 heterocycles. The topological polar surface area (TPSA) is 0 Å². The van der Waals surface area contributed by atoms with Gasteiger partial charge < -0.3 is 0 Å². The zero-order valence-electron chi connectivity index (χ0n) is 9.64. The Bertz CT molecular complexity index is 268. The Kier molecular flexibility index (Phi) is 6.06. The zero-order chi connectivity index (χ0) is 10.9. The van der Waals surface area contributed by atoms with E-state index < -0.39 is 0 Å². The van der Waals surface area contributed by atoms with Crippen molar-refractivity contribution >= 4 is 0 Å². The SMILES string of the molecule is CCCCc1ccccc1CCCCF. The summed E-state index contributed by atoms with van der Waals surface area (Å²) in [6.07, 6.45) is 6.35. The van der Waals surface area contributed by atoms with Crippen LogP contribution in [-0.2, 0) is 12.8 Å². The average molecular weight is 208 g/mol. The van der Waals surface area contributed by atoms with Crippen molar-refractivity contribution in [2.24, 2.45) is 0 Å². The first-order valence-electron chi connectivity index (χ1n) is 6.01. The fourth-order valence-electron chi connectivity index (χ4n) is 1.82. The van der Waals surface area contributed by atoms with Crippen LogP contribution in [0.15, 0.2) is 24.3 Å². The van der Waals surface area contributed by atoms with Gasteiger partial charge in [0.2, 0.25) is 0 Å². The van der Waals surface area contributed by atoms with Crippen LogP contribution in [-0.4, -0.2) is 6.67 Å². The lowest BCUT2D eigenvalue weighted by Crippen LogP contribution is -1.95. The molecule has 0 atom stereocenters. The number of aryl methyl sites for hydroxylation is 2. The summed E-state index contributed by atoms with van der Waals surface area (Å²) >= 11 is 0. The molecule has 0 saturated carbocycles. The molecule has 0 fully saturated rings. The third kappa shape index (κ3) is 4.46. The Morgan fingerprint density at radius 3 is 2.07 bits per heavy atom. The van der Waals surface area contributed by atoms with Gasteiger partial charge in [-0.2, -0.15) is 0 Å². The molecule has 0 nitrogen and oxygen atoms in total. The van der Waals surface area contributed by atoms with Crippen LogP contribution in [0.4, 0.5) is 4.39 Å². The normalized spacial score (nSPS) is 10.5. The highest BCUT2D eigenvalue weighted by molar-refractivity contribution is 5.27. The third-order valence-electron chi connectivity index (χ3n) is 2.75.